The zero-order chi connectivity index (χ0) is 37.5. The van der Waals surface area contributed by atoms with Gasteiger partial charge in [-0.05, 0) is 72.9 Å². The van der Waals surface area contributed by atoms with Gasteiger partial charge >= 0.3 is 17.9 Å². The van der Waals surface area contributed by atoms with Crippen molar-refractivity contribution in [1.82, 2.24) is 5.32 Å². The number of ether oxygens (including phenoxy) is 2. The van der Waals surface area contributed by atoms with E-state index in [9.17, 15) is 19.2 Å². The molecule has 0 radical (unpaired) electrons. The molecule has 0 aliphatic rings. The standard InChI is InChI=1S/C20H31NO3.C13H19NO2.C7H14O2.ClH/c1-6-7-8-18(21-19(22)15(4)13-14(2)3)16-9-11-17(12-10-16)20(23)24-5;1-3-4-5-12(14)10-6-8-11(9-7-10)13(15)16-2;1-5(2)4-6(3)7(8)9;/h9-12,14-15,18H,6-8,13H2,1-5H3,(H,21,22);6-9,12H,3-5,14H2,1-2H3;5-6H,4H2,1-3H3,(H,8,9);1H/t15?,18-;12-;;/m11../s1. The first-order valence-corrected chi connectivity index (χ1v) is 17.8. The highest BCUT2D eigenvalue weighted by atomic mass is 35.5. The van der Waals surface area contributed by atoms with Gasteiger partial charge in [-0.15, -0.1) is 12.4 Å². The number of hydrogen-bond acceptors (Lipinski definition) is 7. The minimum absolute atomic E-state index is 0. The number of esters is 2. The molecule has 50 heavy (non-hydrogen) atoms. The third-order valence-electron chi connectivity index (χ3n) is 8.04. The summed E-state index contributed by atoms with van der Waals surface area (Å²) in [6, 6.07) is 14.7. The summed E-state index contributed by atoms with van der Waals surface area (Å²) in [6.07, 6.45) is 7.93. The molecule has 9 nitrogen and oxygen atoms in total. The molecule has 0 saturated carbocycles. The number of aliphatic carboxylic acids is 1. The van der Waals surface area contributed by atoms with Crippen LogP contribution in [-0.4, -0.2) is 43.1 Å². The second-order valence-corrected chi connectivity index (χ2v) is 13.6. The summed E-state index contributed by atoms with van der Waals surface area (Å²) in [4.78, 5) is 45.5. The third kappa shape index (κ3) is 20.3. The Balaban J connectivity index is 0. The largest absolute Gasteiger partial charge is 0.481 e. The predicted molar refractivity (Wildman–Crippen MR) is 205 cm³/mol. The summed E-state index contributed by atoms with van der Waals surface area (Å²) in [6.45, 7) is 16.3. The Labute approximate surface area is 307 Å². The van der Waals surface area contributed by atoms with Crippen LogP contribution in [0.1, 0.15) is 151 Å². The minimum atomic E-state index is -0.691. The molecule has 284 valence electrons. The van der Waals surface area contributed by atoms with Gasteiger partial charge < -0.3 is 25.6 Å². The summed E-state index contributed by atoms with van der Waals surface area (Å²) in [5, 5.41) is 11.6. The molecular weight excluding hydrogens is 656 g/mol. The second-order valence-electron chi connectivity index (χ2n) is 13.6. The van der Waals surface area contributed by atoms with E-state index in [4.69, 9.17) is 15.6 Å². The number of nitrogens with one attached hydrogen (secondary N) is 1. The van der Waals surface area contributed by atoms with Gasteiger partial charge in [0.25, 0.3) is 0 Å². The van der Waals surface area contributed by atoms with Crippen molar-refractivity contribution in [2.75, 3.05) is 14.2 Å². The fraction of sp³-hybridized carbons (Fsp3) is 0.600. The molecule has 0 fully saturated rings. The molecule has 2 rings (SSSR count). The Morgan fingerprint density at radius 1 is 0.680 bits per heavy atom. The average molecular weight is 721 g/mol. The van der Waals surface area contributed by atoms with Crippen molar-refractivity contribution >= 4 is 36.2 Å². The molecular formula is C40H65ClN2O7. The SMILES string of the molecule is CC(C)CC(C)C(=O)O.CCCC[C@@H](N)c1ccc(C(=O)OC)cc1.CCCC[C@@H](NC(=O)C(C)CC(C)C)c1ccc(C(=O)OC)cc1.Cl. The minimum Gasteiger partial charge on any atom is -0.481 e. The fourth-order valence-electron chi connectivity index (χ4n) is 5.21. The monoisotopic (exact) mass is 720 g/mol. The number of halogens is 1. The fourth-order valence-corrected chi connectivity index (χ4v) is 5.21. The van der Waals surface area contributed by atoms with Crippen molar-refractivity contribution in [2.45, 2.75) is 119 Å². The zero-order valence-electron chi connectivity index (χ0n) is 32.1. The number of unbranched alkanes of at least 4 members (excludes halogenated alkanes) is 2. The molecule has 0 spiro atoms. The highest BCUT2D eigenvalue weighted by molar-refractivity contribution is 5.89. The molecule has 0 saturated heterocycles. The summed E-state index contributed by atoms with van der Waals surface area (Å²) in [7, 11) is 2.75. The summed E-state index contributed by atoms with van der Waals surface area (Å²) < 4.78 is 9.36. The van der Waals surface area contributed by atoms with Gasteiger partial charge in [0.05, 0.1) is 37.3 Å². The molecule has 0 aromatic heterocycles. The van der Waals surface area contributed by atoms with E-state index in [0.717, 1.165) is 62.5 Å². The van der Waals surface area contributed by atoms with E-state index in [1.54, 1.807) is 31.2 Å². The van der Waals surface area contributed by atoms with E-state index in [0.29, 0.717) is 23.0 Å². The van der Waals surface area contributed by atoms with Crippen molar-refractivity contribution in [3.63, 3.8) is 0 Å². The van der Waals surface area contributed by atoms with E-state index in [1.807, 2.05) is 45.0 Å². The van der Waals surface area contributed by atoms with Crippen molar-refractivity contribution < 1.29 is 33.8 Å². The Morgan fingerprint density at radius 3 is 1.44 bits per heavy atom. The lowest BCUT2D eigenvalue weighted by molar-refractivity contribution is -0.141. The van der Waals surface area contributed by atoms with Gasteiger partial charge in [-0.1, -0.05) is 105 Å². The van der Waals surface area contributed by atoms with Crippen LogP contribution < -0.4 is 11.1 Å². The van der Waals surface area contributed by atoms with Crippen LogP contribution in [-0.2, 0) is 19.1 Å². The maximum absolute atomic E-state index is 12.5. The number of carbonyl (C=O) groups excluding carboxylic acids is 3. The molecule has 0 aliphatic carbocycles. The van der Waals surface area contributed by atoms with Crippen LogP contribution in [0.5, 0.6) is 0 Å². The zero-order valence-corrected chi connectivity index (χ0v) is 32.9. The summed E-state index contributed by atoms with van der Waals surface area (Å²) >= 11 is 0. The van der Waals surface area contributed by atoms with E-state index in [-0.39, 0.29) is 54.2 Å². The topological polar surface area (TPSA) is 145 Å². The van der Waals surface area contributed by atoms with Crippen molar-refractivity contribution in [3.05, 3.63) is 70.8 Å². The number of methoxy groups -OCH3 is 2. The lowest BCUT2D eigenvalue weighted by Crippen LogP contribution is -2.33. The van der Waals surface area contributed by atoms with Crippen LogP contribution in [0.15, 0.2) is 48.5 Å². The van der Waals surface area contributed by atoms with Gasteiger partial charge in [0.1, 0.15) is 0 Å². The van der Waals surface area contributed by atoms with Gasteiger partial charge in [0.15, 0.2) is 0 Å². The number of benzene rings is 2. The van der Waals surface area contributed by atoms with Crippen molar-refractivity contribution in [1.29, 1.82) is 0 Å². The maximum atomic E-state index is 12.5. The van der Waals surface area contributed by atoms with Crippen LogP contribution in [0.25, 0.3) is 0 Å². The van der Waals surface area contributed by atoms with E-state index >= 15 is 0 Å². The number of carboxylic acid groups (broad SMARTS) is 1. The lowest BCUT2D eigenvalue weighted by Gasteiger charge is -2.22. The van der Waals surface area contributed by atoms with Crippen LogP contribution in [0.2, 0.25) is 0 Å². The van der Waals surface area contributed by atoms with Crippen molar-refractivity contribution in [3.8, 4) is 0 Å². The van der Waals surface area contributed by atoms with Gasteiger partial charge in [0.2, 0.25) is 5.91 Å². The third-order valence-corrected chi connectivity index (χ3v) is 8.04. The molecule has 4 atom stereocenters. The number of amides is 1. The van der Waals surface area contributed by atoms with Crippen molar-refractivity contribution in [2.24, 2.45) is 29.4 Å². The van der Waals surface area contributed by atoms with Crippen LogP contribution in [0.3, 0.4) is 0 Å². The Kier molecular flexibility index (Phi) is 26.6. The van der Waals surface area contributed by atoms with Crippen LogP contribution in [0.4, 0.5) is 0 Å². The van der Waals surface area contributed by atoms with Gasteiger partial charge in [-0.2, -0.15) is 0 Å². The molecule has 1 amide bonds. The van der Waals surface area contributed by atoms with E-state index < -0.39 is 5.97 Å². The predicted octanol–water partition coefficient (Wildman–Crippen LogP) is 9.34. The molecule has 2 aromatic carbocycles. The number of hydrogen-bond donors (Lipinski definition) is 3. The molecule has 0 bridgehead atoms. The number of carboxylic acids is 1. The molecule has 0 heterocycles. The lowest BCUT2D eigenvalue weighted by atomic mass is 9.95. The first-order valence-electron chi connectivity index (χ1n) is 17.8. The molecule has 4 N–H and O–H groups in total. The summed E-state index contributed by atoms with van der Waals surface area (Å²) in [5.74, 6) is -0.454. The number of rotatable bonds is 17. The van der Waals surface area contributed by atoms with Crippen LogP contribution in [0, 0.1) is 23.7 Å². The smallest absolute Gasteiger partial charge is 0.337 e. The van der Waals surface area contributed by atoms with E-state index in [1.165, 1.54) is 14.2 Å². The quantitative estimate of drug-likeness (QED) is 0.137. The summed E-state index contributed by atoms with van der Waals surface area (Å²) in [5.41, 5.74) is 9.21. The maximum Gasteiger partial charge on any atom is 0.337 e. The molecule has 0 aliphatic heterocycles. The Bertz CT molecular complexity index is 1230. The Morgan fingerprint density at radius 2 is 1.08 bits per heavy atom. The highest BCUT2D eigenvalue weighted by Gasteiger charge is 2.20. The normalized spacial score (nSPS) is 12.8. The Hall–Kier alpha value is -3.43. The van der Waals surface area contributed by atoms with Gasteiger partial charge in [-0.3, -0.25) is 9.59 Å². The molecule has 10 heteroatoms. The first kappa shape index (κ1) is 48.7. The van der Waals surface area contributed by atoms with Crippen LogP contribution >= 0.6 is 12.4 Å². The van der Waals surface area contributed by atoms with Gasteiger partial charge in [-0.25, -0.2) is 9.59 Å². The van der Waals surface area contributed by atoms with E-state index in [2.05, 4.69) is 37.7 Å². The second kappa shape index (κ2) is 27.3. The highest BCUT2D eigenvalue weighted by Crippen LogP contribution is 2.22. The first-order chi connectivity index (χ1) is 23.1. The van der Waals surface area contributed by atoms with Gasteiger partial charge in [0, 0.05) is 12.0 Å². The number of nitrogens with two attached hydrogens (primary N) is 1. The molecule has 2 unspecified atom stereocenters. The number of carbonyl (C=O) groups is 4. The average Bonchev–Trinajstić information content (AvgIpc) is 3.08. The molecule has 2 aromatic rings.